The summed E-state index contributed by atoms with van der Waals surface area (Å²) in [4.78, 5) is 7.27. The summed E-state index contributed by atoms with van der Waals surface area (Å²) in [7, 11) is 1.57. The molecule has 1 rings (SSSR count). The van der Waals surface area contributed by atoms with E-state index in [2.05, 4.69) is 15.3 Å². The summed E-state index contributed by atoms with van der Waals surface area (Å²) in [6.07, 6.45) is 0. The summed E-state index contributed by atoms with van der Waals surface area (Å²) < 4.78 is 12.9. The average molecular weight is 156 g/mol. The van der Waals surface area contributed by atoms with Crippen molar-refractivity contribution in [3.63, 3.8) is 0 Å². The molecule has 3 N–H and O–H groups in total. The van der Waals surface area contributed by atoms with Gasteiger partial charge in [-0.1, -0.05) is 0 Å². The highest BCUT2D eigenvalue weighted by atomic mass is 19.1. The first kappa shape index (κ1) is 7.71. The van der Waals surface area contributed by atoms with Gasteiger partial charge in [0.15, 0.2) is 11.6 Å². The lowest BCUT2D eigenvalue weighted by atomic mass is 10.4. The number of nitrogens with one attached hydrogen (secondary N) is 1. The Bertz CT molecular complexity index is 274. The van der Waals surface area contributed by atoms with E-state index < -0.39 is 5.82 Å². The quantitative estimate of drug-likeness (QED) is 0.623. The molecule has 1 aromatic heterocycles. The zero-order valence-electron chi connectivity index (χ0n) is 6.35. The Morgan fingerprint density at radius 3 is 2.64 bits per heavy atom. The van der Waals surface area contributed by atoms with Crippen molar-refractivity contribution in [3.05, 3.63) is 11.5 Å². The molecule has 11 heavy (non-hydrogen) atoms. The Morgan fingerprint density at radius 1 is 1.45 bits per heavy atom. The monoisotopic (exact) mass is 156 g/mol. The summed E-state index contributed by atoms with van der Waals surface area (Å²) in [6.45, 7) is 1.54. The molecule has 5 heteroatoms. The van der Waals surface area contributed by atoms with E-state index in [1.165, 1.54) is 6.92 Å². The van der Waals surface area contributed by atoms with Crippen LogP contribution in [0.1, 0.15) is 5.69 Å². The summed E-state index contributed by atoms with van der Waals surface area (Å²) in [5.41, 5.74) is 5.53. The van der Waals surface area contributed by atoms with Gasteiger partial charge in [-0.05, 0) is 6.92 Å². The molecule has 60 valence electrons. The van der Waals surface area contributed by atoms with Crippen LogP contribution in [0, 0.1) is 12.7 Å². The van der Waals surface area contributed by atoms with E-state index in [0.717, 1.165) is 0 Å². The van der Waals surface area contributed by atoms with Gasteiger partial charge in [0, 0.05) is 7.05 Å². The van der Waals surface area contributed by atoms with E-state index in [1.54, 1.807) is 7.05 Å². The van der Waals surface area contributed by atoms with Crippen LogP contribution in [0.4, 0.5) is 16.2 Å². The van der Waals surface area contributed by atoms with Crippen LogP contribution in [0.5, 0.6) is 0 Å². The van der Waals surface area contributed by atoms with E-state index in [9.17, 15) is 4.39 Å². The molecule has 0 aliphatic rings. The largest absolute Gasteiger partial charge is 0.371 e. The topological polar surface area (TPSA) is 63.8 Å². The van der Waals surface area contributed by atoms with Crippen molar-refractivity contribution < 1.29 is 4.39 Å². The van der Waals surface area contributed by atoms with Gasteiger partial charge in [0.05, 0.1) is 5.69 Å². The lowest BCUT2D eigenvalue weighted by molar-refractivity contribution is 0.607. The molecule has 0 unspecified atom stereocenters. The zero-order chi connectivity index (χ0) is 8.43. The van der Waals surface area contributed by atoms with Gasteiger partial charge < -0.3 is 11.1 Å². The number of anilines is 2. The third-order valence-corrected chi connectivity index (χ3v) is 1.27. The lowest BCUT2D eigenvalue weighted by Crippen LogP contribution is -2.05. The van der Waals surface area contributed by atoms with Gasteiger partial charge in [0.25, 0.3) is 0 Å². The maximum absolute atomic E-state index is 12.9. The second kappa shape index (κ2) is 2.69. The second-order valence-electron chi connectivity index (χ2n) is 2.08. The fourth-order valence-electron chi connectivity index (χ4n) is 0.747. The fraction of sp³-hybridized carbons (Fsp3) is 0.333. The Labute approximate surface area is 63.7 Å². The number of nitrogen functional groups attached to an aromatic ring is 1. The minimum Gasteiger partial charge on any atom is -0.371 e. The Hall–Kier alpha value is -1.39. The van der Waals surface area contributed by atoms with Gasteiger partial charge in [-0.2, -0.15) is 4.98 Å². The lowest BCUT2D eigenvalue weighted by Gasteiger charge is -2.03. The molecule has 0 aromatic carbocycles. The Balaban J connectivity index is 3.24. The molecule has 1 aromatic rings. The summed E-state index contributed by atoms with van der Waals surface area (Å²) in [6, 6.07) is 0. The van der Waals surface area contributed by atoms with Crippen molar-refractivity contribution in [3.8, 4) is 0 Å². The average Bonchev–Trinajstić information content (AvgIpc) is 1.96. The predicted octanol–water partition coefficient (Wildman–Crippen LogP) is 0.548. The van der Waals surface area contributed by atoms with Crippen LogP contribution in [-0.2, 0) is 0 Å². The number of hydrogen-bond donors (Lipinski definition) is 2. The van der Waals surface area contributed by atoms with E-state index in [4.69, 9.17) is 5.73 Å². The molecule has 0 spiro atoms. The third-order valence-electron chi connectivity index (χ3n) is 1.27. The van der Waals surface area contributed by atoms with E-state index >= 15 is 0 Å². The summed E-state index contributed by atoms with van der Waals surface area (Å²) in [5.74, 6) is -0.245. The highest BCUT2D eigenvalue weighted by Gasteiger charge is 2.07. The third kappa shape index (κ3) is 1.36. The molecule has 0 aliphatic carbocycles. The number of nitrogens with zero attached hydrogens (tertiary/aromatic N) is 2. The normalized spacial score (nSPS) is 9.73. The smallest absolute Gasteiger partial charge is 0.222 e. The summed E-state index contributed by atoms with van der Waals surface area (Å²) in [5, 5.41) is 2.57. The maximum Gasteiger partial charge on any atom is 0.222 e. The molecule has 0 bridgehead atoms. The highest BCUT2D eigenvalue weighted by Crippen LogP contribution is 2.13. The Kier molecular flexibility index (Phi) is 1.89. The van der Waals surface area contributed by atoms with Crippen LogP contribution in [0.25, 0.3) is 0 Å². The number of nitrogens with two attached hydrogens (primary N) is 1. The first-order chi connectivity index (χ1) is 5.15. The standard InChI is InChI=1S/C6H9FN4/c1-3-4(7)5(9-2)11-6(8)10-3/h1-2H3,(H3,8,9,10,11). The van der Waals surface area contributed by atoms with E-state index in [1.807, 2.05) is 0 Å². The van der Waals surface area contributed by atoms with Gasteiger partial charge in [-0.25, -0.2) is 9.37 Å². The molecule has 0 saturated heterocycles. The first-order valence-corrected chi connectivity index (χ1v) is 3.12. The van der Waals surface area contributed by atoms with Gasteiger partial charge >= 0.3 is 0 Å². The van der Waals surface area contributed by atoms with Crippen LogP contribution in [0.15, 0.2) is 0 Å². The van der Waals surface area contributed by atoms with Crippen molar-refractivity contribution in [1.29, 1.82) is 0 Å². The number of hydrogen-bond acceptors (Lipinski definition) is 4. The summed E-state index contributed by atoms with van der Waals surface area (Å²) >= 11 is 0. The molecule has 0 atom stereocenters. The van der Waals surface area contributed by atoms with Crippen molar-refractivity contribution in [2.24, 2.45) is 0 Å². The van der Waals surface area contributed by atoms with Crippen LogP contribution in [-0.4, -0.2) is 17.0 Å². The van der Waals surface area contributed by atoms with E-state index in [0.29, 0.717) is 0 Å². The maximum atomic E-state index is 12.9. The molecule has 1 heterocycles. The predicted molar refractivity (Wildman–Crippen MR) is 40.7 cm³/mol. The van der Waals surface area contributed by atoms with Crippen LogP contribution < -0.4 is 11.1 Å². The van der Waals surface area contributed by atoms with Crippen LogP contribution >= 0.6 is 0 Å². The van der Waals surface area contributed by atoms with Crippen molar-refractivity contribution in [2.75, 3.05) is 18.1 Å². The van der Waals surface area contributed by atoms with Crippen molar-refractivity contribution in [2.45, 2.75) is 6.92 Å². The second-order valence-corrected chi connectivity index (χ2v) is 2.08. The zero-order valence-corrected chi connectivity index (χ0v) is 6.35. The molecule has 4 nitrogen and oxygen atoms in total. The van der Waals surface area contributed by atoms with Crippen LogP contribution in [0.3, 0.4) is 0 Å². The van der Waals surface area contributed by atoms with Crippen LogP contribution in [0.2, 0.25) is 0 Å². The number of aryl methyl sites for hydroxylation is 1. The molecular formula is C6H9FN4. The molecule has 0 fully saturated rings. The number of aromatic nitrogens is 2. The molecule has 0 amide bonds. The Morgan fingerprint density at radius 2 is 2.09 bits per heavy atom. The molecular weight excluding hydrogens is 147 g/mol. The first-order valence-electron chi connectivity index (χ1n) is 3.12. The molecule has 0 saturated carbocycles. The molecule has 0 aliphatic heterocycles. The van der Waals surface area contributed by atoms with Crippen molar-refractivity contribution in [1.82, 2.24) is 9.97 Å². The van der Waals surface area contributed by atoms with E-state index in [-0.39, 0.29) is 17.5 Å². The van der Waals surface area contributed by atoms with Gasteiger partial charge in [-0.15, -0.1) is 0 Å². The number of halogens is 1. The van der Waals surface area contributed by atoms with Gasteiger partial charge in [0.1, 0.15) is 0 Å². The minimum atomic E-state index is -0.457. The highest BCUT2D eigenvalue weighted by molar-refractivity contribution is 5.41. The van der Waals surface area contributed by atoms with Gasteiger partial charge in [0.2, 0.25) is 5.95 Å². The van der Waals surface area contributed by atoms with Crippen molar-refractivity contribution >= 4 is 11.8 Å². The SMILES string of the molecule is CNc1nc(N)nc(C)c1F. The molecule has 0 radical (unpaired) electrons. The fourth-order valence-corrected chi connectivity index (χ4v) is 0.747. The minimum absolute atomic E-state index is 0.0771. The van der Waals surface area contributed by atoms with Gasteiger partial charge in [-0.3, -0.25) is 0 Å². The number of rotatable bonds is 1.